The average molecular weight is 553 g/mol. The third-order valence-corrected chi connectivity index (χ3v) is 7.14. The molecule has 0 saturated carbocycles. The first kappa shape index (κ1) is 27.4. The fraction of sp³-hybridized carbons (Fsp3) is 0.276. The highest BCUT2D eigenvalue weighted by molar-refractivity contribution is 5.88. The molecular weight excluding hydrogens is 520 g/mol. The number of nitrogens with zero attached hydrogens (tertiary/aromatic N) is 7. The lowest BCUT2D eigenvalue weighted by Gasteiger charge is -2.37. The molecule has 0 radical (unpaired) electrons. The number of piperidine rings is 1. The zero-order valence-corrected chi connectivity index (χ0v) is 23.3. The number of anilines is 4. The molecule has 1 unspecified atom stereocenters. The van der Waals surface area contributed by atoms with Crippen molar-refractivity contribution in [3.8, 4) is 11.5 Å². The Morgan fingerprint density at radius 2 is 2.10 bits per heavy atom. The summed E-state index contributed by atoms with van der Waals surface area (Å²) in [4.78, 5) is 34.2. The molecule has 0 bridgehead atoms. The predicted molar refractivity (Wildman–Crippen MR) is 159 cm³/mol. The van der Waals surface area contributed by atoms with Gasteiger partial charge >= 0.3 is 0 Å². The number of benzene rings is 2. The summed E-state index contributed by atoms with van der Waals surface area (Å²) >= 11 is 0. The predicted octanol–water partition coefficient (Wildman–Crippen LogP) is 5.58. The van der Waals surface area contributed by atoms with Gasteiger partial charge in [-0.1, -0.05) is 6.58 Å². The van der Waals surface area contributed by atoms with E-state index in [0.717, 1.165) is 36.3 Å². The molecule has 1 fully saturated rings. The van der Waals surface area contributed by atoms with Gasteiger partial charge in [-0.25, -0.2) is 25.5 Å². The Morgan fingerprint density at radius 3 is 2.85 bits per heavy atom. The molecule has 1 atom stereocenters. The number of hydrogen-bond acceptors (Lipinski definition) is 11. The summed E-state index contributed by atoms with van der Waals surface area (Å²) in [6.45, 7) is 6.99. The fourth-order valence-corrected chi connectivity index (χ4v) is 4.85. The normalized spacial score (nSPS) is 14.8. The van der Waals surface area contributed by atoms with Gasteiger partial charge in [0, 0.05) is 45.0 Å². The van der Waals surface area contributed by atoms with Crippen molar-refractivity contribution >= 4 is 45.8 Å². The van der Waals surface area contributed by atoms with Crippen molar-refractivity contribution < 1.29 is 9.53 Å². The molecule has 3 N–H and O–H groups in total. The largest absolute Gasteiger partial charge is 0.457 e. The fourth-order valence-electron chi connectivity index (χ4n) is 4.85. The molecule has 2 aromatic carbocycles. The number of fused-ring (bicyclic) bond motifs is 1. The van der Waals surface area contributed by atoms with Gasteiger partial charge in [-0.3, -0.25) is 4.79 Å². The lowest BCUT2D eigenvalue weighted by atomic mass is 10.0. The quantitative estimate of drug-likeness (QED) is 0.179. The molecule has 0 aliphatic carbocycles. The van der Waals surface area contributed by atoms with Crippen LogP contribution in [0.1, 0.15) is 18.4 Å². The van der Waals surface area contributed by atoms with E-state index in [1.807, 2.05) is 37.3 Å². The first-order valence-electron chi connectivity index (χ1n) is 13.3. The van der Waals surface area contributed by atoms with E-state index in [4.69, 9.17) is 15.3 Å². The summed E-state index contributed by atoms with van der Waals surface area (Å²) in [6.07, 6.45) is 6.36. The molecule has 41 heavy (non-hydrogen) atoms. The van der Waals surface area contributed by atoms with Crippen molar-refractivity contribution in [1.82, 2.24) is 24.8 Å². The van der Waals surface area contributed by atoms with Crippen LogP contribution in [0.2, 0.25) is 0 Å². The lowest BCUT2D eigenvalue weighted by Crippen LogP contribution is -2.48. The van der Waals surface area contributed by atoms with Crippen LogP contribution in [-0.2, 0) is 4.79 Å². The zero-order valence-electron chi connectivity index (χ0n) is 23.3. The molecule has 3 heterocycles. The molecule has 4 aromatic rings. The molecule has 1 amide bonds. The molecular formula is C29H32N10O2. The highest BCUT2D eigenvalue weighted by Crippen LogP contribution is 2.34. The van der Waals surface area contributed by atoms with E-state index in [1.54, 1.807) is 31.3 Å². The van der Waals surface area contributed by atoms with Crippen molar-refractivity contribution in [2.75, 3.05) is 42.7 Å². The maximum absolute atomic E-state index is 12.1. The molecule has 2 aromatic heterocycles. The van der Waals surface area contributed by atoms with Crippen molar-refractivity contribution in [3.63, 3.8) is 0 Å². The number of aromatic nitrogens is 4. The number of likely N-dealkylation sites (N-methyl/N-ethyl adjacent to an activating group) is 1. The van der Waals surface area contributed by atoms with Gasteiger partial charge in [0.2, 0.25) is 11.9 Å². The first-order chi connectivity index (χ1) is 19.9. The van der Waals surface area contributed by atoms with Crippen molar-refractivity contribution in [2.24, 2.45) is 5.11 Å². The van der Waals surface area contributed by atoms with Gasteiger partial charge < -0.3 is 25.2 Å². The smallest absolute Gasteiger partial charge is 0.246 e. The van der Waals surface area contributed by atoms with Gasteiger partial charge in [0.1, 0.15) is 34.5 Å². The number of ether oxygens (including phenoxy) is 1. The Kier molecular flexibility index (Phi) is 7.99. The minimum Gasteiger partial charge on any atom is -0.457 e. The second kappa shape index (κ2) is 11.9. The molecule has 1 saturated heterocycles. The van der Waals surface area contributed by atoms with Crippen LogP contribution in [0.25, 0.3) is 11.0 Å². The maximum Gasteiger partial charge on any atom is 0.246 e. The number of hydrogen-bond donors (Lipinski definition) is 3. The van der Waals surface area contributed by atoms with Gasteiger partial charge in [0.15, 0.2) is 5.82 Å². The van der Waals surface area contributed by atoms with E-state index in [0.29, 0.717) is 46.5 Å². The zero-order chi connectivity index (χ0) is 28.9. The van der Waals surface area contributed by atoms with E-state index >= 15 is 0 Å². The number of nitrogens with one attached hydrogen (secondary N) is 3. The molecule has 5 rings (SSSR count). The van der Waals surface area contributed by atoms with Crippen molar-refractivity contribution in [1.29, 1.82) is 5.53 Å². The Labute approximate surface area is 238 Å². The summed E-state index contributed by atoms with van der Waals surface area (Å²) in [5.41, 5.74) is 11.6. The SMILES string of the molecule is C=CC(=O)N(C)C1CCCN(c2ncc3ncnc(Nc4ccc(Oc5ccc(NC)c(N=N)c5)c(C)c4)c3n2)C1. The number of amides is 1. The third kappa shape index (κ3) is 5.91. The summed E-state index contributed by atoms with van der Waals surface area (Å²) in [6, 6.07) is 11.2. The van der Waals surface area contributed by atoms with Crippen LogP contribution in [-0.4, -0.2) is 64.0 Å². The Bertz CT molecular complexity index is 1610. The van der Waals surface area contributed by atoms with Crippen molar-refractivity contribution in [3.05, 3.63) is 67.1 Å². The highest BCUT2D eigenvalue weighted by atomic mass is 16.5. The first-order valence-corrected chi connectivity index (χ1v) is 13.3. The lowest BCUT2D eigenvalue weighted by molar-refractivity contribution is -0.126. The van der Waals surface area contributed by atoms with E-state index < -0.39 is 0 Å². The van der Waals surface area contributed by atoms with E-state index in [2.05, 4.69) is 42.2 Å². The number of aryl methyl sites for hydroxylation is 1. The van der Waals surface area contributed by atoms with Crippen LogP contribution in [0.15, 0.2) is 66.7 Å². The molecule has 12 nitrogen and oxygen atoms in total. The molecule has 0 spiro atoms. The van der Waals surface area contributed by atoms with Gasteiger partial charge in [-0.2, -0.15) is 5.11 Å². The summed E-state index contributed by atoms with van der Waals surface area (Å²) in [5, 5.41) is 9.94. The standard InChI is InChI=1S/C29H32N10O2/c1-5-26(40)38(4)20-7-6-12-39(16-20)29-32-15-24-27(36-29)28(34-17-33-24)35-19-8-11-25(18(2)13-19)41-21-9-10-22(31-3)23(14-21)37-30/h5,8-11,13-15,17,20,30-31H,1,6-7,12,16H2,2-4H3,(H,33,34,35). The minimum atomic E-state index is -0.0947. The Balaban J connectivity index is 1.36. The maximum atomic E-state index is 12.1. The van der Waals surface area contributed by atoms with Crippen LogP contribution < -0.4 is 20.3 Å². The summed E-state index contributed by atoms with van der Waals surface area (Å²) in [7, 11) is 3.59. The monoisotopic (exact) mass is 552 g/mol. The van der Waals surface area contributed by atoms with E-state index in [1.165, 1.54) is 12.4 Å². The second-order valence-electron chi connectivity index (χ2n) is 9.77. The molecule has 12 heteroatoms. The van der Waals surface area contributed by atoms with Crippen LogP contribution in [0.5, 0.6) is 11.5 Å². The Morgan fingerprint density at radius 1 is 1.24 bits per heavy atom. The highest BCUT2D eigenvalue weighted by Gasteiger charge is 2.27. The molecule has 1 aliphatic rings. The number of carbonyl (C=O) groups is 1. The van der Waals surface area contributed by atoms with Gasteiger partial charge in [0.05, 0.1) is 11.9 Å². The molecule has 1 aliphatic heterocycles. The molecule has 210 valence electrons. The third-order valence-electron chi connectivity index (χ3n) is 7.14. The van der Waals surface area contributed by atoms with Crippen LogP contribution in [0.4, 0.5) is 28.8 Å². The Hall–Kier alpha value is -5.13. The van der Waals surface area contributed by atoms with Gasteiger partial charge in [0.25, 0.3) is 0 Å². The summed E-state index contributed by atoms with van der Waals surface area (Å²) in [5.74, 6) is 2.30. The van der Waals surface area contributed by atoms with E-state index in [-0.39, 0.29) is 11.9 Å². The average Bonchev–Trinajstić information content (AvgIpc) is 3.01. The van der Waals surface area contributed by atoms with Crippen LogP contribution >= 0.6 is 0 Å². The van der Waals surface area contributed by atoms with Crippen LogP contribution in [0.3, 0.4) is 0 Å². The van der Waals surface area contributed by atoms with Gasteiger partial charge in [-0.15, -0.1) is 0 Å². The number of carbonyl (C=O) groups excluding carboxylic acids is 1. The topological polar surface area (TPSA) is 145 Å². The van der Waals surface area contributed by atoms with Gasteiger partial charge in [-0.05, 0) is 61.7 Å². The minimum absolute atomic E-state index is 0.0519. The second-order valence-corrected chi connectivity index (χ2v) is 9.77. The van der Waals surface area contributed by atoms with Crippen LogP contribution in [0, 0.1) is 12.5 Å². The van der Waals surface area contributed by atoms with Crippen molar-refractivity contribution in [2.45, 2.75) is 25.8 Å². The van der Waals surface area contributed by atoms with E-state index in [9.17, 15) is 4.79 Å². The number of rotatable bonds is 9. The summed E-state index contributed by atoms with van der Waals surface area (Å²) < 4.78 is 6.08.